The van der Waals surface area contributed by atoms with Crippen molar-refractivity contribution >= 4 is 39.8 Å². The largest absolute Gasteiger partial charge is 0.463 e. The van der Waals surface area contributed by atoms with Crippen LogP contribution in [0.25, 0.3) is 0 Å². The minimum Gasteiger partial charge on any atom is -0.463 e. The first-order valence-electron chi connectivity index (χ1n) is 9.29. The molecule has 0 amide bonds. The summed E-state index contributed by atoms with van der Waals surface area (Å²) in [5.74, 6) is -2.34. The molecule has 2 rings (SSSR count). The summed E-state index contributed by atoms with van der Waals surface area (Å²) < 4.78 is 33.5. The predicted molar refractivity (Wildman–Crippen MR) is 107 cm³/mol. The maximum atomic E-state index is 11.8. The average Bonchev–Trinajstić information content (AvgIpc) is 2.65. The van der Waals surface area contributed by atoms with Gasteiger partial charge in [-0.3, -0.25) is 19.2 Å². The highest BCUT2D eigenvalue weighted by Gasteiger charge is 2.53. The van der Waals surface area contributed by atoms with Crippen molar-refractivity contribution in [3.8, 4) is 5.75 Å². The maximum absolute atomic E-state index is 11.8. The molecule has 0 N–H and O–H groups in total. The molecule has 1 saturated heterocycles. The second kappa shape index (κ2) is 11.1. The minimum atomic E-state index is -1.28. The van der Waals surface area contributed by atoms with Crippen molar-refractivity contribution in [1.29, 1.82) is 0 Å². The van der Waals surface area contributed by atoms with E-state index in [1.54, 1.807) is 24.3 Å². The highest BCUT2D eigenvalue weighted by atomic mass is 79.9. The van der Waals surface area contributed by atoms with Crippen molar-refractivity contribution in [2.24, 2.45) is 0 Å². The van der Waals surface area contributed by atoms with Crippen LogP contribution in [0.1, 0.15) is 27.7 Å². The quantitative estimate of drug-likeness (QED) is 0.403. The Balaban J connectivity index is 2.43. The summed E-state index contributed by atoms with van der Waals surface area (Å²) in [7, 11) is 0. The van der Waals surface area contributed by atoms with Crippen molar-refractivity contribution in [2.75, 3.05) is 6.61 Å². The molecule has 5 atom stereocenters. The van der Waals surface area contributed by atoms with Gasteiger partial charge in [-0.1, -0.05) is 15.9 Å². The number of hydrogen-bond acceptors (Lipinski definition) is 10. The fourth-order valence-corrected chi connectivity index (χ4v) is 3.20. The molecule has 10 nitrogen and oxygen atoms in total. The van der Waals surface area contributed by atoms with Gasteiger partial charge in [0.2, 0.25) is 12.4 Å². The highest BCUT2D eigenvalue weighted by Crippen LogP contribution is 2.31. The second-order valence-electron chi connectivity index (χ2n) is 6.64. The van der Waals surface area contributed by atoms with E-state index in [0.717, 1.165) is 25.2 Å². The summed E-state index contributed by atoms with van der Waals surface area (Å²) in [5.41, 5.74) is 0. The lowest BCUT2D eigenvalue weighted by atomic mass is 9.98. The molecule has 1 aromatic carbocycles. The first kappa shape index (κ1) is 24.6. The fourth-order valence-electron chi connectivity index (χ4n) is 2.93. The van der Waals surface area contributed by atoms with Gasteiger partial charge in [0.05, 0.1) is 0 Å². The van der Waals surface area contributed by atoms with E-state index in [4.69, 9.17) is 28.4 Å². The molecule has 0 spiro atoms. The Labute approximate surface area is 187 Å². The Hall–Kier alpha value is -2.66. The monoisotopic (exact) mass is 502 g/mol. The summed E-state index contributed by atoms with van der Waals surface area (Å²) >= 11 is 3.32. The van der Waals surface area contributed by atoms with Crippen LogP contribution in [-0.4, -0.2) is 61.2 Å². The van der Waals surface area contributed by atoms with Gasteiger partial charge in [-0.2, -0.15) is 0 Å². The van der Waals surface area contributed by atoms with Crippen molar-refractivity contribution in [1.82, 2.24) is 0 Å². The van der Waals surface area contributed by atoms with Gasteiger partial charge in [0, 0.05) is 32.2 Å². The van der Waals surface area contributed by atoms with Gasteiger partial charge in [0.1, 0.15) is 18.5 Å². The van der Waals surface area contributed by atoms with Gasteiger partial charge < -0.3 is 28.4 Å². The van der Waals surface area contributed by atoms with Gasteiger partial charge in [-0.05, 0) is 24.3 Å². The van der Waals surface area contributed by atoms with Crippen LogP contribution in [-0.2, 0) is 42.9 Å². The van der Waals surface area contributed by atoms with E-state index in [0.29, 0.717) is 5.75 Å². The highest BCUT2D eigenvalue weighted by molar-refractivity contribution is 9.10. The third-order valence-electron chi connectivity index (χ3n) is 4.01. The topological polar surface area (TPSA) is 124 Å². The molecule has 1 aliphatic rings. The van der Waals surface area contributed by atoms with Crippen molar-refractivity contribution in [2.45, 2.75) is 58.4 Å². The predicted octanol–water partition coefficient (Wildman–Crippen LogP) is 1.91. The first-order chi connectivity index (χ1) is 14.6. The Morgan fingerprint density at radius 2 is 1.32 bits per heavy atom. The fraction of sp³-hybridized carbons (Fsp3) is 0.500. The van der Waals surface area contributed by atoms with E-state index in [2.05, 4.69) is 15.9 Å². The molecule has 1 aliphatic heterocycles. The van der Waals surface area contributed by atoms with E-state index in [9.17, 15) is 19.2 Å². The van der Waals surface area contributed by atoms with Crippen LogP contribution >= 0.6 is 15.9 Å². The molecule has 1 heterocycles. The molecule has 1 aromatic rings. The van der Waals surface area contributed by atoms with Gasteiger partial charge in [-0.15, -0.1) is 0 Å². The van der Waals surface area contributed by atoms with Crippen LogP contribution < -0.4 is 4.74 Å². The molecule has 31 heavy (non-hydrogen) atoms. The second-order valence-corrected chi connectivity index (χ2v) is 7.56. The lowest BCUT2D eigenvalue weighted by molar-refractivity contribution is -0.288. The van der Waals surface area contributed by atoms with Gasteiger partial charge in [-0.25, -0.2) is 0 Å². The summed E-state index contributed by atoms with van der Waals surface area (Å²) in [6.07, 6.45) is -6.11. The molecule has 11 heteroatoms. The number of esters is 4. The van der Waals surface area contributed by atoms with Crippen LogP contribution in [0.3, 0.4) is 0 Å². The number of benzene rings is 1. The minimum absolute atomic E-state index is 0.321. The van der Waals surface area contributed by atoms with Gasteiger partial charge >= 0.3 is 23.9 Å². The zero-order chi connectivity index (χ0) is 23.1. The van der Waals surface area contributed by atoms with E-state index in [1.165, 1.54) is 6.92 Å². The van der Waals surface area contributed by atoms with Crippen LogP contribution in [0, 0.1) is 0 Å². The summed E-state index contributed by atoms with van der Waals surface area (Å²) in [6, 6.07) is 6.72. The summed E-state index contributed by atoms with van der Waals surface area (Å²) in [6.45, 7) is 4.34. The van der Waals surface area contributed by atoms with Crippen molar-refractivity contribution < 1.29 is 47.6 Å². The molecule has 0 unspecified atom stereocenters. The Bertz CT molecular complexity index is 809. The third kappa shape index (κ3) is 7.51. The SMILES string of the molecule is CC(=O)OC[C@H]1O[C@@H](Oc2ccc(Br)cc2)[C@H](OC(C)=O)[C@@H](OC(C)=O)[C@@H]1OC(C)=O. The number of carbonyl (C=O) groups excluding carboxylic acids is 4. The van der Waals surface area contributed by atoms with Crippen LogP contribution in [0.5, 0.6) is 5.75 Å². The molecule has 170 valence electrons. The van der Waals surface area contributed by atoms with Crippen LogP contribution in [0.2, 0.25) is 0 Å². The van der Waals surface area contributed by atoms with Gasteiger partial charge in [0.25, 0.3) is 0 Å². The maximum Gasteiger partial charge on any atom is 0.303 e. The molecule has 0 aliphatic carbocycles. The van der Waals surface area contributed by atoms with Crippen LogP contribution in [0.15, 0.2) is 28.7 Å². The van der Waals surface area contributed by atoms with Gasteiger partial charge in [0.15, 0.2) is 12.2 Å². The lowest BCUT2D eigenvalue weighted by Crippen LogP contribution is -2.63. The first-order valence-corrected chi connectivity index (χ1v) is 10.1. The number of halogens is 1. The number of ether oxygens (including phenoxy) is 6. The summed E-state index contributed by atoms with van der Waals surface area (Å²) in [4.78, 5) is 46.5. The normalized spacial score (nSPS) is 25.1. The Kier molecular flexibility index (Phi) is 8.81. The van der Waals surface area contributed by atoms with Crippen molar-refractivity contribution in [3.05, 3.63) is 28.7 Å². The zero-order valence-corrected chi connectivity index (χ0v) is 18.9. The van der Waals surface area contributed by atoms with E-state index in [-0.39, 0.29) is 6.61 Å². The average molecular weight is 503 g/mol. The number of carbonyl (C=O) groups is 4. The number of rotatable bonds is 7. The van der Waals surface area contributed by atoms with Crippen molar-refractivity contribution in [3.63, 3.8) is 0 Å². The molecule has 1 fully saturated rings. The standard InChI is InChI=1S/C20H23BrO10/c1-10(22)26-9-16-17(27-11(2)23)18(28-12(3)24)19(29-13(4)25)20(31-16)30-15-7-5-14(21)6-8-15/h5-8,16-20H,9H2,1-4H3/t16-,17-,18+,19-,20-/m1/s1. The molecule has 0 aromatic heterocycles. The third-order valence-corrected chi connectivity index (χ3v) is 4.54. The molecular weight excluding hydrogens is 480 g/mol. The lowest BCUT2D eigenvalue weighted by Gasteiger charge is -2.43. The molecule has 0 radical (unpaired) electrons. The molecule has 0 bridgehead atoms. The molecule has 0 saturated carbocycles. The van der Waals surface area contributed by atoms with E-state index >= 15 is 0 Å². The Morgan fingerprint density at radius 3 is 1.84 bits per heavy atom. The van der Waals surface area contributed by atoms with E-state index < -0.39 is 54.6 Å². The number of hydrogen-bond donors (Lipinski definition) is 0. The van der Waals surface area contributed by atoms with Crippen LogP contribution in [0.4, 0.5) is 0 Å². The molecular formula is C20H23BrO10. The smallest absolute Gasteiger partial charge is 0.303 e. The van der Waals surface area contributed by atoms with E-state index in [1.807, 2.05) is 0 Å². The zero-order valence-electron chi connectivity index (χ0n) is 17.4. The summed E-state index contributed by atoms with van der Waals surface area (Å²) in [5, 5.41) is 0. The Morgan fingerprint density at radius 1 is 0.806 bits per heavy atom.